The topological polar surface area (TPSA) is 40.5 Å². The first kappa shape index (κ1) is 17.3. The van der Waals surface area contributed by atoms with Crippen molar-refractivity contribution in [2.45, 2.75) is 46.0 Å². The Morgan fingerprint density at radius 1 is 1.41 bits per heavy atom. The molecule has 5 heteroatoms. The van der Waals surface area contributed by atoms with Gasteiger partial charge in [-0.2, -0.15) is 0 Å². The van der Waals surface area contributed by atoms with Crippen molar-refractivity contribution in [2.24, 2.45) is 16.8 Å². The Hall–Kier alpha value is -1.10. The lowest BCUT2D eigenvalue weighted by atomic mass is 9.83. The van der Waals surface area contributed by atoms with E-state index in [0.717, 1.165) is 42.3 Å². The average molecular weight is 323 g/mol. The van der Waals surface area contributed by atoms with Gasteiger partial charge in [-0.1, -0.05) is 19.8 Å². The number of hydrogen-bond donors (Lipinski definition) is 1. The van der Waals surface area contributed by atoms with E-state index in [1.54, 1.807) is 11.3 Å². The van der Waals surface area contributed by atoms with Crippen LogP contribution in [-0.4, -0.2) is 43.0 Å². The molecule has 1 aromatic rings. The van der Waals surface area contributed by atoms with Crippen molar-refractivity contribution in [3.8, 4) is 0 Å². The molecule has 0 amide bonds. The third-order valence-corrected chi connectivity index (χ3v) is 5.39. The Morgan fingerprint density at radius 2 is 2.14 bits per heavy atom. The summed E-state index contributed by atoms with van der Waals surface area (Å²) in [5.74, 6) is 2.74. The second kappa shape index (κ2) is 8.51. The number of thiazole rings is 1. The van der Waals surface area contributed by atoms with Gasteiger partial charge in [-0.3, -0.25) is 4.99 Å². The summed E-state index contributed by atoms with van der Waals surface area (Å²) in [4.78, 5) is 11.2. The lowest BCUT2D eigenvalue weighted by Crippen LogP contribution is -2.42. The number of rotatable bonds is 5. The largest absolute Gasteiger partial charge is 0.356 e. The predicted octanol–water partition coefficient (Wildman–Crippen LogP) is 3.33. The number of hydrogen-bond acceptors (Lipinski definition) is 3. The quantitative estimate of drug-likeness (QED) is 0.668. The molecule has 1 saturated carbocycles. The summed E-state index contributed by atoms with van der Waals surface area (Å²) in [5, 5.41) is 6.75. The molecule has 4 nitrogen and oxygen atoms in total. The van der Waals surface area contributed by atoms with Crippen LogP contribution in [-0.2, 0) is 6.42 Å². The van der Waals surface area contributed by atoms with Crippen LogP contribution in [0.15, 0.2) is 10.4 Å². The minimum atomic E-state index is 0.820. The first-order valence-corrected chi connectivity index (χ1v) is 9.29. The van der Waals surface area contributed by atoms with Gasteiger partial charge < -0.3 is 10.2 Å². The van der Waals surface area contributed by atoms with Crippen LogP contribution in [0.3, 0.4) is 0 Å². The van der Waals surface area contributed by atoms with E-state index >= 15 is 0 Å². The van der Waals surface area contributed by atoms with Crippen LogP contribution in [0.2, 0.25) is 0 Å². The Bertz CT molecular complexity index is 475. The molecule has 1 N–H and O–H groups in total. The zero-order valence-corrected chi connectivity index (χ0v) is 15.2. The lowest BCUT2D eigenvalue weighted by Gasteiger charge is -2.31. The molecule has 22 heavy (non-hydrogen) atoms. The average Bonchev–Trinajstić information content (AvgIpc) is 2.91. The molecule has 0 unspecified atom stereocenters. The number of aromatic nitrogens is 1. The molecule has 0 saturated heterocycles. The van der Waals surface area contributed by atoms with Crippen molar-refractivity contribution in [3.05, 3.63) is 16.1 Å². The summed E-state index contributed by atoms with van der Waals surface area (Å²) in [5.41, 5.74) is 1.18. The second-order valence-corrected chi connectivity index (χ2v) is 7.65. The zero-order valence-electron chi connectivity index (χ0n) is 14.4. The smallest absolute Gasteiger partial charge is 0.193 e. The fourth-order valence-electron chi connectivity index (χ4n) is 3.20. The van der Waals surface area contributed by atoms with Gasteiger partial charge in [0.1, 0.15) is 0 Å². The van der Waals surface area contributed by atoms with Gasteiger partial charge >= 0.3 is 0 Å². The number of aryl methyl sites for hydroxylation is 1. The highest BCUT2D eigenvalue weighted by molar-refractivity contribution is 7.09. The number of aliphatic imine (C=N–C) groups is 1. The minimum absolute atomic E-state index is 0.820. The van der Waals surface area contributed by atoms with Crippen molar-refractivity contribution in [2.75, 3.05) is 27.2 Å². The van der Waals surface area contributed by atoms with Gasteiger partial charge in [0.2, 0.25) is 0 Å². The highest BCUT2D eigenvalue weighted by atomic mass is 32.1. The van der Waals surface area contributed by atoms with Gasteiger partial charge in [-0.05, 0) is 31.6 Å². The van der Waals surface area contributed by atoms with E-state index < -0.39 is 0 Å². The number of nitrogens with one attached hydrogen (secondary N) is 1. The van der Waals surface area contributed by atoms with Crippen LogP contribution in [0.25, 0.3) is 0 Å². The summed E-state index contributed by atoms with van der Waals surface area (Å²) in [6.45, 7) is 6.43. The van der Waals surface area contributed by atoms with Crippen LogP contribution >= 0.6 is 11.3 Å². The molecule has 124 valence electrons. The molecule has 0 aliphatic heterocycles. The van der Waals surface area contributed by atoms with Crippen molar-refractivity contribution in [1.82, 2.24) is 15.2 Å². The molecule has 1 fully saturated rings. The molecular formula is C17H30N4S. The van der Waals surface area contributed by atoms with Crippen LogP contribution in [0.4, 0.5) is 0 Å². The van der Waals surface area contributed by atoms with Gasteiger partial charge in [0.05, 0.1) is 10.7 Å². The fourth-order valence-corrected chi connectivity index (χ4v) is 3.84. The normalized spacial score (nSPS) is 22.6. The van der Waals surface area contributed by atoms with E-state index in [9.17, 15) is 0 Å². The Morgan fingerprint density at radius 3 is 2.73 bits per heavy atom. The molecule has 1 heterocycles. The molecule has 1 aromatic heterocycles. The Kier molecular flexibility index (Phi) is 6.68. The standard InChI is InChI=1S/C17H30N4S/c1-13-5-7-15(8-6-13)11-21(4)17(18-3)19-10-9-16-12-22-14(2)20-16/h12-13,15H,5-11H2,1-4H3,(H,18,19). The molecule has 1 aliphatic rings. The molecule has 0 radical (unpaired) electrons. The Labute approximate surface area is 139 Å². The predicted molar refractivity (Wildman–Crippen MR) is 95.7 cm³/mol. The maximum atomic E-state index is 4.50. The number of guanidine groups is 1. The highest BCUT2D eigenvalue weighted by Gasteiger charge is 2.20. The molecule has 0 spiro atoms. The van der Waals surface area contributed by atoms with Crippen molar-refractivity contribution in [3.63, 3.8) is 0 Å². The third-order valence-electron chi connectivity index (χ3n) is 4.57. The minimum Gasteiger partial charge on any atom is -0.356 e. The maximum Gasteiger partial charge on any atom is 0.193 e. The number of nitrogens with zero attached hydrogens (tertiary/aromatic N) is 3. The van der Waals surface area contributed by atoms with E-state index in [4.69, 9.17) is 0 Å². The van der Waals surface area contributed by atoms with E-state index in [-0.39, 0.29) is 0 Å². The summed E-state index contributed by atoms with van der Waals surface area (Å²) in [7, 11) is 4.02. The lowest BCUT2D eigenvalue weighted by molar-refractivity contribution is 0.250. The first-order valence-electron chi connectivity index (χ1n) is 8.41. The highest BCUT2D eigenvalue weighted by Crippen LogP contribution is 2.28. The third kappa shape index (κ3) is 5.27. The summed E-state index contributed by atoms with van der Waals surface area (Å²) >= 11 is 1.72. The molecule has 0 atom stereocenters. The van der Waals surface area contributed by atoms with E-state index in [2.05, 4.69) is 46.5 Å². The molecule has 1 aliphatic carbocycles. The SMILES string of the molecule is CN=C(NCCc1csc(C)n1)N(C)CC1CCC(C)CC1. The van der Waals surface area contributed by atoms with Gasteiger partial charge in [-0.15, -0.1) is 11.3 Å². The molecule has 0 aromatic carbocycles. The van der Waals surface area contributed by atoms with E-state index in [1.165, 1.54) is 31.4 Å². The summed E-state index contributed by atoms with van der Waals surface area (Å²) in [6.07, 6.45) is 6.45. The Balaban J connectivity index is 1.73. The monoisotopic (exact) mass is 322 g/mol. The van der Waals surface area contributed by atoms with Crippen LogP contribution in [0.1, 0.15) is 43.3 Å². The molecule has 2 rings (SSSR count). The van der Waals surface area contributed by atoms with Crippen LogP contribution in [0.5, 0.6) is 0 Å². The molecular weight excluding hydrogens is 292 g/mol. The zero-order chi connectivity index (χ0) is 15.9. The molecule has 0 bridgehead atoms. The first-order chi connectivity index (χ1) is 10.6. The summed E-state index contributed by atoms with van der Waals surface area (Å²) < 4.78 is 0. The van der Waals surface area contributed by atoms with Crippen LogP contribution < -0.4 is 5.32 Å². The summed E-state index contributed by atoms with van der Waals surface area (Å²) in [6, 6.07) is 0. The van der Waals surface area contributed by atoms with Crippen molar-refractivity contribution in [1.29, 1.82) is 0 Å². The van der Waals surface area contributed by atoms with Gasteiger partial charge in [0.15, 0.2) is 5.96 Å². The van der Waals surface area contributed by atoms with E-state index in [0.29, 0.717) is 0 Å². The van der Waals surface area contributed by atoms with Crippen LogP contribution in [0, 0.1) is 18.8 Å². The van der Waals surface area contributed by atoms with Crippen molar-refractivity contribution >= 4 is 17.3 Å². The van der Waals surface area contributed by atoms with Gasteiger partial charge in [0.25, 0.3) is 0 Å². The second-order valence-electron chi connectivity index (χ2n) is 6.59. The van der Waals surface area contributed by atoms with Gasteiger partial charge in [-0.25, -0.2) is 4.98 Å². The van der Waals surface area contributed by atoms with Gasteiger partial charge in [0, 0.05) is 39.0 Å². The fraction of sp³-hybridized carbons (Fsp3) is 0.765. The maximum absolute atomic E-state index is 4.50. The van der Waals surface area contributed by atoms with Crippen molar-refractivity contribution < 1.29 is 0 Å². The van der Waals surface area contributed by atoms with E-state index in [1.807, 2.05) is 7.05 Å².